The molecule has 0 bridgehead atoms. The highest BCUT2D eigenvalue weighted by Gasteiger charge is 2.17. The van der Waals surface area contributed by atoms with Crippen LogP contribution in [0.2, 0.25) is 0 Å². The minimum absolute atomic E-state index is 0.313. The molecule has 1 aromatic heterocycles. The minimum atomic E-state index is -0.475. The van der Waals surface area contributed by atoms with Crippen molar-refractivity contribution in [1.29, 1.82) is 0 Å². The number of rotatable bonds is 10. The van der Waals surface area contributed by atoms with E-state index < -0.39 is 6.10 Å². The number of nitrogens with zero attached hydrogens (tertiary/aromatic N) is 3. The van der Waals surface area contributed by atoms with E-state index in [2.05, 4.69) is 41.2 Å². The third-order valence-corrected chi connectivity index (χ3v) is 5.23. The zero-order valence-electron chi connectivity index (χ0n) is 17.8. The Hall–Kier alpha value is -1.93. The lowest BCUT2D eigenvalue weighted by Gasteiger charge is -2.33. The second-order valence-corrected chi connectivity index (χ2v) is 8.19. The molecule has 1 aliphatic heterocycles. The van der Waals surface area contributed by atoms with Crippen molar-refractivity contribution in [2.75, 3.05) is 46.4 Å². The van der Waals surface area contributed by atoms with Crippen LogP contribution in [0.25, 0.3) is 0 Å². The Morgan fingerprint density at radius 2 is 1.86 bits per heavy atom. The van der Waals surface area contributed by atoms with E-state index in [0.717, 1.165) is 49.9 Å². The first-order valence-electron chi connectivity index (χ1n) is 10.5. The summed E-state index contributed by atoms with van der Waals surface area (Å²) in [7, 11) is 2.13. The molecule has 0 aliphatic carbocycles. The number of aliphatic hydroxyl groups excluding tert-OH is 1. The van der Waals surface area contributed by atoms with Crippen molar-refractivity contribution < 1.29 is 14.4 Å². The average molecular weight is 403 g/mol. The van der Waals surface area contributed by atoms with Crippen molar-refractivity contribution in [2.24, 2.45) is 0 Å². The average Bonchev–Trinajstić information content (AvgIpc) is 3.18. The fraction of sp³-hybridized carbons (Fsp3) is 0.591. The van der Waals surface area contributed by atoms with E-state index in [1.807, 2.05) is 30.3 Å². The van der Waals surface area contributed by atoms with Gasteiger partial charge in [-0.2, -0.15) is 0 Å². The number of aromatic nitrogens is 1. The van der Waals surface area contributed by atoms with E-state index in [4.69, 9.17) is 9.26 Å². The van der Waals surface area contributed by atoms with Gasteiger partial charge in [-0.05, 0) is 30.7 Å². The molecule has 1 unspecified atom stereocenters. The highest BCUT2D eigenvalue weighted by atomic mass is 16.5. The molecule has 1 atom stereocenters. The van der Waals surface area contributed by atoms with Gasteiger partial charge in [0, 0.05) is 45.3 Å². The molecule has 0 spiro atoms. The number of benzene rings is 1. The number of hydrogen-bond acceptors (Lipinski definition) is 7. The summed E-state index contributed by atoms with van der Waals surface area (Å²) >= 11 is 0. The van der Waals surface area contributed by atoms with Gasteiger partial charge < -0.3 is 24.6 Å². The zero-order valence-corrected chi connectivity index (χ0v) is 17.8. The minimum Gasteiger partial charge on any atom is -0.491 e. The molecular formula is C22H34N4O3. The number of piperazine rings is 1. The molecule has 1 aromatic carbocycles. The normalized spacial score (nSPS) is 17.0. The number of ether oxygens (including phenoxy) is 1. The van der Waals surface area contributed by atoms with E-state index in [-0.39, 0.29) is 0 Å². The number of aliphatic hydroxyl groups is 1. The van der Waals surface area contributed by atoms with Crippen molar-refractivity contribution >= 4 is 0 Å². The van der Waals surface area contributed by atoms with Gasteiger partial charge in [-0.25, -0.2) is 0 Å². The standard InChI is InChI=1S/C22H34N4O3/c1-17(2)22-12-21(29-24-22)14-23-13-18-4-6-20(7-5-18)28-16-19(27)15-26-10-8-25(3)9-11-26/h4-7,12,17,19,23,27H,8-11,13-16H2,1-3H3. The molecule has 0 radical (unpaired) electrons. The summed E-state index contributed by atoms with van der Waals surface area (Å²) in [5, 5.41) is 17.7. The van der Waals surface area contributed by atoms with Gasteiger partial charge in [-0.3, -0.25) is 4.90 Å². The molecule has 2 heterocycles. The van der Waals surface area contributed by atoms with Crippen LogP contribution in [-0.4, -0.2) is 72.5 Å². The lowest BCUT2D eigenvalue weighted by molar-refractivity contribution is 0.0505. The quantitative estimate of drug-likeness (QED) is 0.630. The van der Waals surface area contributed by atoms with Crippen molar-refractivity contribution in [2.45, 2.75) is 39.0 Å². The summed E-state index contributed by atoms with van der Waals surface area (Å²) in [6, 6.07) is 9.97. The van der Waals surface area contributed by atoms with Gasteiger partial charge in [0.2, 0.25) is 0 Å². The third kappa shape index (κ3) is 7.12. The van der Waals surface area contributed by atoms with Crippen LogP contribution in [0.3, 0.4) is 0 Å². The monoisotopic (exact) mass is 402 g/mol. The van der Waals surface area contributed by atoms with Crippen molar-refractivity contribution in [1.82, 2.24) is 20.3 Å². The van der Waals surface area contributed by atoms with Crippen LogP contribution in [0.15, 0.2) is 34.9 Å². The molecular weight excluding hydrogens is 368 g/mol. The van der Waals surface area contributed by atoms with Crippen LogP contribution in [0.5, 0.6) is 5.75 Å². The van der Waals surface area contributed by atoms with E-state index in [0.29, 0.717) is 25.6 Å². The van der Waals surface area contributed by atoms with Crippen molar-refractivity contribution in [3.63, 3.8) is 0 Å². The first-order valence-corrected chi connectivity index (χ1v) is 10.5. The molecule has 160 valence electrons. The SMILES string of the molecule is CC(C)c1cc(CNCc2ccc(OCC(O)CN3CCN(C)CC3)cc2)on1. The second-order valence-electron chi connectivity index (χ2n) is 8.19. The Balaban J connectivity index is 1.35. The smallest absolute Gasteiger partial charge is 0.150 e. The number of likely N-dealkylation sites (N-methyl/N-ethyl adjacent to an activating group) is 1. The first-order chi connectivity index (χ1) is 14.0. The molecule has 7 heteroatoms. The predicted molar refractivity (Wildman–Crippen MR) is 113 cm³/mol. The first kappa shape index (κ1) is 21.8. The van der Waals surface area contributed by atoms with Gasteiger partial charge in [0.25, 0.3) is 0 Å². The van der Waals surface area contributed by atoms with Gasteiger partial charge in [0.1, 0.15) is 18.5 Å². The molecule has 3 rings (SSSR count). The van der Waals surface area contributed by atoms with E-state index in [1.165, 1.54) is 5.56 Å². The molecule has 7 nitrogen and oxygen atoms in total. The van der Waals surface area contributed by atoms with Gasteiger partial charge in [0.15, 0.2) is 5.76 Å². The molecule has 1 aliphatic rings. The van der Waals surface area contributed by atoms with Crippen molar-refractivity contribution in [3.05, 3.63) is 47.3 Å². The topological polar surface area (TPSA) is 74.0 Å². The Kier molecular flexibility index (Phi) is 8.06. The number of hydrogen-bond donors (Lipinski definition) is 2. The summed E-state index contributed by atoms with van der Waals surface area (Å²) < 4.78 is 11.1. The van der Waals surface area contributed by atoms with Gasteiger partial charge in [-0.15, -0.1) is 0 Å². The van der Waals surface area contributed by atoms with E-state index >= 15 is 0 Å². The van der Waals surface area contributed by atoms with Crippen LogP contribution in [-0.2, 0) is 13.1 Å². The molecule has 2 aromatic rings. The molecule has 0 amide bonds. The predicted octanol–water partition coefficient (Wildman–Crippen LogP) is 2.07. The van der Waals surface area contributed by atoms with Crippen LogP contribution >= 0.6 is 0 Å². The zero-order chi connectivity index (χ0) is 20.6. The van der Waals surface area contributed by atoms with Gasteiger partial charge in [-0.1, -0.05) is 31.1 Å². The van der Waals surface area contributed by atoms with Crippen LogP contribution < -0.4 is 10.1 Å². The second kappa shape index (κ2) is 10.7. The number of nitrogens with one attached hydrogen (secondary N) is 1. The van der Waals surface area contributed by atoms with Crippen LogP contribution in [0, 0.1) is 0 Å². The summed E-state index contributed by atoms with van der Waals surface area (Å²) in [5.74, 6) is 2.01. The largest absolute Gasteiger partial charge is 0.491 e. The fourth-order valence-electron chi connectivity index (χ4n) is 3.29. The highest BCUT2D eigenvalue weighted by molar-refractivity contribution is 5.27. The Morgan fingerprint density at radius 3 is 2.52 bits per heavy atom. The van der Waals surface area contributed by atoms with E-state index in [9.17, 15) is 5.11 Å². The lowest BCUT2D eigenvalue weighted by atomic mass is 10.1. The van der Waals surface area contributed by atoms with Gasteiger partial charge in [0.05, 0.1) is 12.2 Å². The highest BCUT2D eigenvalue weighted by Crippen LogP contribution is 2.15. The summed E-state index contributed by atoms with van der Waals surface area (Å²) in [5.41, 5.74) is 2.15. The summed E-state index contributed by atoms with van der Waals surface area (Å²) in [6.45, 7) is 10.7. The summed E-state index contributed by atoms with van der Waals surface area (Å²) in [6.07, 6.45) is -0.475. The third-order valence-electron chi connectivity index (χ3n) is 5.23. The maximum absolute atomic E-state index is 10.2. The van der Waals surface area contributed by atoms with Crippen LogP contribution in [0.1, 0.15) is 36.8 Å². The molecule has 0 saturated carbocycles. The lowest BCUT2D eigenvalue weighted by Crippen LogP contribution is -2.47. The molecule has 2 N–H and O–H groups in total. The Labute approximate surface area is 173 Å². The molecule has 29 heavy (non-hydrogen) atoms. The summed E-state index contributed by atoms with van der Waals surface area (Å²) in [4.78, 5) is 4.60. The maximum atomic E-state index is 10.2. The Morgan fingerprint density at radius 1 is 1.14 bits per heavy atom. The van der Waals surface area contributed by atoms with Crippen molar-refractivity contribution in [3.8, 4) is 5.75 Å². The Bertz CT molecular complexity index is 724. The van der Waals surface area contributed by atoms with Crippen LogP contribution in [0.4, 0.5) is 0 Å². The van der Waals surface area contributed by atoms with E-state index in [1.54, 1.807) is 0 Å². The van der Waals surface area contributed by atoms with Gasteiger partial charge >= 0.3 is 0 Å². The molecule has 1 fully saturated rings. The molecule has 1 saturated heterocycles. The fourth-order valence-corrected chi connectivity index (χ4v) is 3.29. The number of β-amino-alcohol motifs (C(OH)–C–C–N with tert-alkyl or cyclic N) is 1. The maximum Gasteiger partial charge on any atom is 0.150 e.